The van der Waals surface area contributed by atoms with Gasteiger partial charge in [0.25, 0.3) is 5.69 Å². The molecule has 57 heavy (non-hydrogen) atoms. The van der Waals surface area contributed by atoms with Gasteiger partial charge in [0.1, 0.15) is 5.75 Å². The molecule has 0 aliphatic rings. The molecule has 0 heterocycles. The number of non-ortho nitro benzene ring substituents is 1. The molecule has 0 saturated carbocycles. The third-order valence-electron chi connectivity index (χ3n) is 8.73. The van der Waals surface area contributed by atoms with Crippen LogP contribution in [0.5, 0.6) is 17.2 Å². The average molecular weight is 884 g/mol. The van der Waals surface area contributed by atoms with Crippen LogP contribution in [-0.2, 0) is 25.9 Å². The number of hydrogen-bond donors (Lipinski definition) is 4. The van der Waals surface area contributed by atoms with Crippen molar-refractivity contribution in [2.24, 2.45) is 0 Å². The van der Waals surface area contributed by atoms with E-state index in [1.807, 2.05) is 74.5 Å². The lowest BCUT2D eigenvalue weighted by Gasteiger charge is -2.15. The van der Waals surface area contributed by atoms with E-state index in [4.69, 9.17) is 51.1 Å². The van der Waals surface area contributed by atoms with E-state index in [9.17, 15) is 20.3 Å². The third-order valence-corrected chi connectivity index (χ3v) is 12.5. The number of hydrogen-bond acceptors (Lipinski definition) is 9. The Morgan fingerprint density at radius 1 is 0.649 bits per heavy atom. The number of anilines is 2. The maximum atomic E-state index is 10.8. The Labute approximate surface area is 360 Å². The summed E-state index contributed by atoms with van der Waals surface area (Å²) in [6, 6.07) is 33.7. The first-order chi connectivity index (χ1) is 27.4. The summed E-state index contributed by atoms with van der Waals surface area (Å²) in [5.41, 5.74) is 4.62. The Kier molecular flexibility index (Phi) is 16.0. The van der Waals surface area contributed by atoms with Gasteiger partial charge in [0, 0.05) is 54.8 Å². The quantitative estimate of drug-likeness (QED) is 0.0482. The predicted molar refractivity (Wildman–Crippen MR) is 237 cm³/mol. The number of phenolic OH excluding ortho intramolecular Hbond substituents is 2. The summed E-state index contributed by atoms with van der Waals surface area (Å²) in [6.45, 7) is 4.85. The van der Waals surface area contributed by atoms with Crippen molar-refractivity contribution in [2.45, 2.75) is 59.4 Å². The van der Waals surface area contributed by atoms with Gasteiger partial charge in [-0.2, -0.15) is 0 Å². The Hall–Kier alpha value is -4.42. The predicted octanol–water partition coefficient (Wildman–Crippen LogP) is 14.0. The van der Waals surface area contributed by atoms with Gasteiger partial charge >= 0.3 is 0 Å². The number of ether oxygens (including phenoxy) is 1. The van der Waals surface area contributed by atoms with E-state index in [0.29, 0.717) is 57.9 Å². The van der Waals surface area contributed by atoms with E-state index in [1.54, 1.807) is 43.1 Å². The molecular weight excluding hydrogens is 844 g/mol. The number of nitrogens with one attached hydrogen (secondary N) is 2. The molecular formula is C43H39Cl4N3O5S2. The van der Waals surface area contributed by atoms with Crippen molar-refractivity contribution in [3.8, 4) is 17.2 Å². The van der Waals surface area contributed by atoms with Gasteiger partial charge < -0.3 is 25.6 Å². The van der Waals surface area contributed by atoms with Crippen LogP contribution in [-0.4, -0.2) is 22.2 Å². The van der Waals surface area contributed by atoms with Crippen molar-refractivity contribution >= 4 is 87.0 Å². The number of methoxy groups -OCH3 is 1. The van der Waals surface area contributed by atoms with Gasteiger partial charge in [-0.1, -0.05) is 120 Å². The number of rotatable bonds is 14. The van der Waals surface area contributed by atoms with Crippen LogP contribution >= 0.6 is 69.9 Å². The molecule has 14 heteroatoms. The summed E-state index contributed by atoms with van der Waals surface area (Å²) in [5, 5.41) is 39.6. The molecule has 0 aliphatic carbocycles. The molecule has 0 aromatic heterocycles. The van der Waals surface area contributed by atoms with Crippen molar-refractivity contribution < 1.29 is 19.9 Å². The standard InChI is InChI=1S/C22H21Cl2NO2S.C21H18Cl2N2O3S/c1-3-17-18(23)12-19(22(26)21(17)24)25-13-14-6-4-5-7-20(14)28-16-10-8-15(27-2)9-11-16;1-2-16-17(22)11-18(21(26)20(16)23)24-12-13-5-3-4-6-19(13)29-15-9-7-14(8-10-15)25(27)28/h4-12,25-26H,3,13H2,1-2H3;3-11,24,26H,2,12H2,1H3. The van der Waals surface area contributed by atoms with Crippen molar-refractivity contribution in [2.75, 3.05) is 17.7 Å². The highest BCUT2D eigenvalue weighted by atomic mass is 35.5. The van der Waals surface area contributed by atoms with Crippen LogP contribution in [0.25, 0.3) is 0 Å². The lowest BCUT2D eigenvalue weighted by atomic mass is 10.1. The van der Waals surface area contributed by atoms with Gasteiger partial charge in [-0.05, 0) is 95.8 Å². The van der Waals surface area contributed by atoms with Gasteiger partial charge in [0.05, 0.1) is 33.5 Å². The van der Waals surface area contributed by atoms with Crippen LogP contribution in [0.4, 0.5) is 17.1 Å². The number of halogens is 4. The molecule has 6 aromatic rings. The molecule has 0 atom stereocenters. The average Bonchev–Trinajstić information content (AvgIpc) is 3.21. The second kappa shape index (κ2) is 20.8. The van der Waals surface area contributed by atoms with E-state index in [0.717, 1.165) is 42.0 Å². The maximum Gasteiger partial charge on any atom is 0.269 e. The zero-order valence-electron chi connectivity index (χ0n) is 31.1. The molecule has 0 fully saturated rings. The molecule has 6 rings (SSSR count). The van der Waals surface area contributed by atoms with Crippen molar-refractivity contribution in [3.05, 3.63) is 162 Å². The molecule has 0 spiro atoms. The normalized spacial score (nSPS) is 10.7. The molecule has 0 amide bonds. The monoisotopic (exact) mass is 881 g/mol. The zero-order valence-corrected chi connectivity index (χ0v) is 35.8. The van der Waals surface area contributed by atoms with Crippen molar-refractivity contribution in [1.82, 2.24) is 0 Å². The molecule has 6 aromatic carbocycles. The first kappa shape index (κ1) is 43.7. The van der Waals surface area contributed by atoms with Gasteiger partial charge in [0.2, 0.25) is 0 Å². The lowest BCUT2D eigenvalue weighted by Crippen LogP contribution is -2.02. The minimum atomic E-state index is -0.418. The highest BCUT2D eigenvalue weighted by Crippen LogP contribution is 2.42. The Morgan fingerprint density at radius 3 is 1.44 bits per heavy atom. The molecule has 0 aliphatic heterocycles. The number of nitrogens with zero attached hydrogens (tertiary/aromatic N) is 1. The minimum absolute atomic E-state index is 0.0200. The number of phenols is 2. The van der Waals surface area contributed by atoms with Crippen LogP contribution in [0.1, 0.15) is 36.1 Å². The van der Waals surface area contributed by atoms with Crippen LogP contribution in [0, 0.1) is 10.1 Å². The third kappa shape index (κ3) is 11.4. The van der Waals surface area contributed by atoms with Crippen LogP contribution in [0.15, 0.2) is 129 Å². The van der Waals surface area contributed by atoms with E-state index in [1.165, 1.54) is 23.9 Å². The zero-order chi connectivity index (χ0) is 41.1. The number of nitro benzene ring substituents is 1. The summed E-state index contributed by atoms with van der Waals surface area (Å²) < 4.78 is 5.21. The van der Waals surface area contributed by atoms with Crippen LogP contribution in [0.3, 0.4) is 0 Å². The van der Waals surface area contributed by atoms with Gasteiger partial charge in [0.15, 0.2) is 11.5 Å². The van der Waals surface area contributed by atoms with Crippen molar-refractivity contribution in [3.63, 3.8) is 0 Å². The lowest BCUT2D eigenvalue weighted by molar-refractivity contribution is -0.384. The minimum Gasteiger partial charge on any atom is -0.504 e. The summed E-state index contributed by atoms with van der Waals surface area (Å²) in [6.07, 6.45) is 1.28. The molecule has 8 nitrogen and oxygen atoms in total. The molecule has 0 bridgehead atoms. The van der Waals surface area contributed by atoms with Crippen LogP contribution < -0.4 is 15.4 Å². The molecule has 4 N–H and O–H groups in total. The van der Waals surface area contributed by atoms with Gasteiger partial charge in [-0.15, -0.1) is 0 Å². The first-order valence-corrected chi connectivity index (χ1v) is 20.9. The smallest absolute Gasteiger partial charge is 0.269 e. The Morgan fingerprint density at radius 2 is 1.05 bits per heavy atom. The number of benzene rings is 6. The fourth-order valence-electron chi connectivity index (χ4n) is 5.63. The van der Waals surface area contributed by atoms with Gasteiger partial charge in [-0.3, -0.25) is 10.1 Å². The first-order valence-electron chi connectivity index (χ1n) is 17.7. The molecule has 0 unspecified atom stereocenters. The van der Waals surface area contributed by atoms with E-state index < -0.39 is 4.92 Å². The van der Waals surface area contributed by atoms with Crippen molar-refractivity contribution in [1.29, 1.82) is 0 Å². The molecule has 0 saturated heterocycles. The summed E-state index contributed by atoms with van der Waals surface area (Å²) >= 11 is 28.3. The van der Waals surface area contributed by atoms with E-state index in [-0.39, 0.29) is 22.2 Å². The topological polar surface area (TPSA) is 117 Å². The number of aromatic hydroxyl groups is 2. The molecule has 0 radical (unpaired) electrons. The Balaban J connectivity index is 0.000000218. The second-order valence-corrected chi connectivity index (χ2v) is 16.2. The molecule has 296 valence electrons. The van der Waals surface area contributed by atoms with Crippen LogP contribution in [0.2, 0.25) is 20.1 Å². The highest BCUT2D eigenvalue weighted by molar-refractivity contribution is 7.99. The summed E-state index contributed by atoms with van der Waals surface area (Å²) in [5.74, 6) is 0.843. The number of nitro groups is 1. The largest absolute Gasteiger partial charge is 0.504 e. The second-order valence-electron chi connectivity index (χ2n) is 12.4. The van der Waals surface area contributed by atoms with E-state index >= 15 is 0 Å². The SMILES string of the molecule is CCc1c(Cl)cc(NCc2ccccc2Sc2ccc(OC)cc2)c(O)c1Cl.CCc1c(Cl)cc(NCc2ccccc2Sc2ccc([N+](=O)[O-])cc2)c(O)c1Cl. The summed E-state index contributed by atoms with van der Waals surface area (Å²) in [7, 11) is 1.66. The fourth-order valence-corrected chi connectivity index (χ4v) is 8.96. The summed E-state index contributed by atoms with van der Waals surface area (Å²) in [4.78, 5) is 14.5. The Bertz CT molecular complexity index is 2330. The van der Waals surface area contributed by atoms with E-state index in [2.05, 4.69) is 22.8 Å². The fraction of sp³-hybridized carbons (Fsp3) is 0.163. The van der Waals surface area contributed by atoms with Gasteiger partial charge in [-0.25, -0.2) is 0 Å². The maximum absolute atomic E-state index is 10.8. The highest BCUT2D eigenvalue weighted by Gasteiger charge is 2.16.